The molecule has 0 bridgehead atoms. The second-order valence-electron chi connectivity index (χ2n) is 4.24. The van der Waals surface area contributed by atoms with Gasteiger partial charge in [0.25, 0.3) is 0 Å². The monoisotopic (exact) mass is 237 g/mol. The van der Waals surface area contributed by atoms with E-state index in [9.17, 15) is 9.90 Å². The summed E-state index contributed by atoms with van der Waals surface area (Å²) >= 11 is 0. The van der Waals surface area contributed by atoms with Crippen LogP contribution in [-0.2, 0) is 4.79 Å². The molecule has 1 unspecified atom stereocenters. The summed E-state index contributed by atoms with van der Waals surface area (Å²) in [7, 11) is 1.58. The van der Waals surface area contributed by atoms with E-state index in [1.165, 1.54) is 0 Å². The molecule has 1 aromatic rings. The van der Waals surface area contributed by atoms with Crippen molar-refractivity contribution < 1.29 is 14.6 Å². The van der Waals surface area contributed by atoms with Crippen molar-refractivity contribution in [3.8, 4) is 5.75 Å². The van der Waals surface area contributed by atoms with E-state index in [4.69, 9.17) is 4.74 Å². The fourth-order valence-corrected chi connectivity index (χ4v) is 1.74. The molecule has 0 aromatic heterocycles. The van der Waals surface area contributed by atoms with E-state index in [0.29, 0.717) is 12.2 Å². The number of carboxylic acid groups (broad SMARTS) is 1. The molecule has 0 fully saturated rings. The third kappa shape index (κ3) is 3.37. The predicted molar refractivity (Wildman–Crippen MR) is 67.6 cm³/mol. The molecule has 4 heteroatoms. The average molecular weight is 237 g/mol. The molecule has 17 heavy (non-hydrogen) atoms. The largest absolute Gasteiger partial charge is 0.497 e. The van der Waals surface area contributed by atoms with Crippen molar-refractivity contribution in [3.05, 3.63) is 24.3 Å². The van der Waals surface area contributed by atoms with Gasteiger partial charge in [0.1, 0.15) is 11.3 Å². The number of hydrogen-bond donors (Lipinski definition) is 2. The van der Waals surface area contributed by atoms with Crippen LogP contribution in [0.4, 0.5) is 5.69 Å². The van der Waals surface area contributed by atoms with E-state index in [2.05, 4.69) is 5.32 Å². The molecule has 0 amide bonds. The number of carbonyl (C=O) groups is 1. The SMILES string of the molecule is CCCC(C)(Nc1cccc(OC)c1)C(=O)O. The molecule has 1 rings (SSSR count). The number of hydrogen-bond acceptors (Lipinski definition) is 3. The number of ether oxygens (including phenoxy) is 1. The molecular weight excluding hydrogens is 218 g/mol. The highest BCUT2D eigenvalue weighted by Crippen LogP contribution is 2.23. The number of carboxylic acids is 1. The van der Waals surface area contributed by atoms with E-state index >= 15 is 0 Å². The normalized spacial score (nSPS) is 13.8. The summed E-state index contributed by atoms with van der Waals surface area (Å²) in [6.07, 6.45) is 1.37. The number of aliphatic carboxylic acids is 1. The van der Waals surface area contributed by atoms with Gasteiger partial charge in [-0.25, -0.2) is 4.79 Å². The second kappa shape index (κ2) is 5.57. The molecule has 1 aromatic carbocycles. The van der Waals surface area contributed by atoms with Crippen LogP contribution >= 0.6 is 0 Å². The first-order chi connectivity index (χ1) is 8.01. The molecule has 0 aliphatic heterocycles. The van der Waals surface area contributed by atoms with Crippen LogP contribution in [0.5, 0.6) is 5.75 Å². The van der Waals surface area contributed by atoms with E-state index < -0.39 is 11.5 Å². The summed E-state index contributed by atoms with van der Waals surface area (Å²) < 4.78 is 5.10. The minimum Gasteiger partial charge on any atom is -0.497 e. The van der Waals surface area contributed by atoms with E-state index in [0.717, 1.165) is 12.1 Å². The molecule has 2 N–H and O–H groups in total. The maximum atomic E-state index is 11.3. The molecule has 1 atom stereocenters. The van der Waals surface area contributed by atoms with Crippen molar-refractivity contribution in [1.29, 1.82) is 0 Å². The molecule has 0 heterocycles. The van der Waals surface area contributed by atoms with Crippen LogP contribution in [-0.4, -0.2) is 23.7 Å². The first-order valence-electron chi connectivity index (χ1n) is 5.67. The zero-order valence-electron chi connectivity index (χ0n) is 10.5. The van der Waals surface area contributed by atoms with Gasteiger partial charge in [-0.3, -0.25) is 0 Å². The number of methoxy groups -OCH3 is 1. The van der Waals surface area contributed by atoms with Crippen molar-refractivity contribution in [1.82, 2.24) is 0 Å². The van der Waals surface area contributed by atoms with E-state index in [1.54, 1.807) is 20.1 Å². The quantitative estimate of drug-likeness (QED) is 0.798. The minimum absolute atomic E-state index is 0.569. The lowest BCUT2D eigenvalue weighted by Gasteiger charge is -2.27. The van der Waals surface area contributed by atoms with Crippen molar-refractivity contribution in [3.63, 3.8) is 0 Å². The lowest BCUT2D eigenvalue weighted by Crippen LogP contribution is -2.43. The smallest absolute Gasteiger partial charge is 0.329 e. The first-order valence-corrected chi connectivity index (χ1v) is 5.67. The van der Waals surface area contributed by atoms with Gasteiger partial charge in [-0.1, -0.05) is 19.4 Å². The Kier molecular flexibility index (Phi) is 4.37. The maximum absolute atomic E-state index is 11.3. The van der Waals surface area contributed by atoms with Gasteiger partial charge in [-0.15, -0.1) is 0 Å². The number of anilines is 1. The van der Waals surface area contributed by atoms with Crippen LogP contribution in [0.15, 0.2) is 24.3 Å². The van der Waals surface area contributed by atoms with Crippen LogP contribution in [0, 0.1) is 0 Å². The van der Waals surface area contributed by atoms with Gasteiger partial charge in [0.15, 0.2) is 0 Å². The summed E-state index contributed by atoms with van der Waals surface area (Å²) in [4.78, 5) is 11.3. The molecular formula is C13H19NO3. The zero-order valence-corrected chi connectivity index (χ0v) is 10.5. The Hall–Kier alpha value is -1.71. The Morgan fingerprint density at radius 3 is 2.76 bits per heavy atom. The van der Waals surface area contributed by atoms with Gasteiger partial charge in [0, 0.05) is 11.8 Å². The summed E-state index contributed by atoms with van der Waals surface area (Å²) in [5.41, 5.74) is -0.191. The fourth-order valence-electron chi connectivity index (χ4n) is 1.74. The maximum Gasteiger partial charge on any atom is 0.329 e. The summed E-state index contributed by atoms with van der Waals surface area (Å²) in [6, 6.07) is 7.27. The third-order valence-electron chi connectivity index (χ3n) is 2.71. The highest BCUT2D eigenvalue weighted by molar-refractivity contribution is 5.82. The Labute approximate surface area is 102 Å². The van der Waals surface area contributed by atoms with Crippen molar-refractivity contribution in [2.75, 3.05) is 12.4 Å². The Bertz CT molecular complexity index is 392. The lowest BCUT2D eigenvalue weighted by molar-refractivity contribution is -0.141. The van der Waals surface area contributed by atoms with Gasteiger partial charge in [0.05, 0.1) is 7.11 Å². The van der Waals surface area contributed by atoms with Crippen molar-refractivity contribution >= 4 is 11.7 Å². The van der Waals surface area contributed by atoms with Gasteiger partial charge in [0.2, 0.25) is 0 Å². The van der Waals surface area contributed by atoms with Crippen LogP contribution < -0.4 is 10.1 Å². The van der Waals surface area contributed by atoms with E-state index in [1.807, 2.05) is 25.1 Å². The predicted octanol–water partition coefficient (Wildman–Crippen LogP) is 2.75. The van der Waals surface area contributed by atoms with Gasteiger partial charge < -0.3 is 15.2 Å². The molecule has 0 saturated carbocycles. The number of nitrogens with one attached hydrogen (secondary N) is 1. The second-order valence-corrected chi connectivity index (χ2v) is 4.24. The molecule has 0 aliphatic carbocycles. The summed E-state index contributed by atoms with van der Waals surface area (Å²) in [5, 5.41) is 12.3. The molecule has 0 saturated heterocycles. The van der Waals surface area contributed by atoms with Crippen LogP contribution in [0.2, 0.25) is 0 Å². The summed E-state index contributed by atoms with van der Waals surface area (Å²) in [5.74, 6) is -0.138. The standard InChI is InChI=1S/C13H19NO3/c1-4-8-13(2,12(15)16)14-10-6-5-7-11(9-10)17-3/h5-7,9,14H,4,8H2,1-3H3,(H,15,16). The average Bonchev–Trinajstić information content (AvgIpc) is 2.29. The molecule has 94 valence electrons. The van der Waals surface area contributed by atoms with Crippen molar-refractivity contribution in [2.45, 2.75) is 32.2 Å². The highest BCUT2D eigenvalue weighted by atomic mass is 16.5. The molecule has 0 radical (unpaired) electrons. The highest BCUT2D eigenvalue weighted by Gasteiger charge is 2.31. The summed E-state index contributed by atoms with van der Waals surface area (Å²) in [6.45, 7) is 3.66. The Morgan fingerprint density at radius 1 is 1.53 bits per heavy atom. The minimum atomic E-state index is -0.943. The number of rotatable bonds is 6. The molecule has 4 nitrogen and oxygen atoms in total. The van der Waals surface area contributed by atoms with Crippen molar-refractivity contribution in [2.24, 2.45) is 0 Å². The zero-order chi connectivity index (χ0) is 12.9. The van der Waals surface area contributed by atoms with Crippen LogP contribution in [0.25, 0.3) is 0 Å². The fraction of sp³-hybridized carbons (Fsp3) is 0.462. The van der Waals surface area contributed by atoms with Gasteiger partial charge >= 0.3 is 5.97 Å². The van der Waals surface area contributed by atoms with E-state index in [-0.39, 0.29) is 0 Å². The Balaban J connectivity index is 2.89. The first kappa shape index (κ1) is 13.4. The lowest BCUT2D eigenvalue weighted by atomic mass is 9.96. The number of benzene rings is 1. The topological polar surface area (TPSA) is 58.6 Å². The Morgan fingerprint density at radius 2 is 2.24 bits per heavy atom. The third-order valence-corrected chi connectivity index (χ3v) is 2.71. The van der Waals surface area contributed by atoms with Gasteiger partial charge in [-0.05, 0) is 25.5 Å². The van der Waals surface area contributed by atoms with Crippen LogP contribution in [0.3, 0.4) is 0 Å². The molecule has 0 spiro atoms. The van der Waals surface area contributed by atoms with Gasteiger partial charge in [-0.2, -0.15) is 0 Å². The van der Waals surface area contributed by atoms with Crippen LogP contribution in [0.1, 0.15) is 26.7 Å². The molecule has 0 aliphatic rings.